The standard InChI is InChI=1S/C11H14O2/c1-9(12)5-4-7-10-6-2-3-8-11(10)13/h10H,2-3,6-8H2,1H3. The molecule has 1 fully saturated rings. The number of Topliss-reactive ketones (excluding diaryl/α,β-unsaturated/α-hetero) is 2. The number of ketones is 2. The number of carbonyl (C=O) groups is 2. The Kier molecular flexibility index (Phi) is 3.70. The van der Waals surface area contributed by atoms with Gasteiger partial charge in [-0.2, -0.15) is 0 Å². The second-order valence-corrected chi connectivity index (χ2v) is 3.47. The maximum absolute atomic E-state index is 11.3. The highest BCUT2D eigenvalue weighted by molar-refractivity contribution is 5.93. The molecule has 0 N–H and O–H groups in total. The molecule has 1 unspecified atom stereocenters. The van der Waals surface area contributed by atoms with Gasteiger partial charge in [0.2, 0.25) is 5.78 Å². The van der Waals surface area contributed by atoms with Crippen LogP contribution in [0.2, 0.25) is 0 Å². The van der Waals surface area contributed by atoms with Crippen molar-refractivity contribution in [3.05, 3.63) is 0 Å². The van der Waals surface area contributed by atoms with Crippen molar-refractivity contribution in [2.75, 3.05) is 0 Å². The first-order valence-electron chi connectivity index (χ1n) is 4.72. The van der Waals surface area contributed by atoms with E-state index in [4.69, 9.17) is 0 Å². The number of carbonyl (C=O) groups excluding carboxylic acids is 2. The zero-order valence-corrected chi connectivity index (χ0v) is 7.93. The third-order valence-corrected chi connectivity index (χ3v) is 2.29. The predicted octanol–water partition coefficient (Wildman–Crippen LogP) is 1.73. The van der Waals surface area contributed by atoms with Crippen LogP contribution in [0.3, 0.4) is 0 Å². The topological polar surface area (TPSA) is 34.1 Å². The van der Waals surface area contributed by atoms with Gasteiger partial charge in [-0.3, -0.25) is 9.59 Å². The molecule has 1 aliphatic carbocycles. The van der Waals surface area contributed by atoms with Crippen LogP contribution in [0.25, 0.3) is 0 Å². The molecular weight excluding hydrogens is 164 g/mol. The van der Waals surface area contributed by atoms with Gasteiger partial charge in [-0.1, -0.05) is 12.3 Å². The van der Waals surface area contributed by atoms with Crippen LogP contribution in [0.15, 0.2) is 0 Å². The van der Waals surface area contributed by atoms with Gasteiger partial charge in [0.05, 0.1) is 0 Å². The molecule has 1 saturated carbocycles. The molecule has 2 nitrogen and oxygen atoms in total. The average Bonchev–Trinajstić information content (AvgIpc) is 2.08. The Labute approximate surface area is 78.7 Å². The minimum Gasteiger partial charge on any atom is -0.299 e. The van der Waals surface area contributed by atoms with Crippen molar-refractivity contribution in [2.45, 2.75) is 39.0 Å². The molecule has 2 heteroatoms. The molecule has 0 amide bonds. The molecule has 0 aromatic heterocycles. The normalized spacial score (nSPS) is 21.9. The quantitative estimate of drug-likeness (QED) is 0.452. The fourth-order valence-corrected chi connectivity index (χ4v) is 1.57. The molecular formula is C11H14O2. The van der Waals surface area contributed by atoms with Gasteiger partial charge in [-0.05, 0) is 18.8 Å². The molecule has 0 aromatic carbocycles. The van der Waals surface area contributed by atoms with Crippen LogP contribution in [-0.4, -0.2) is 11.6 Å². The highest BCUT2D eigenvalue weighted by atomic mass is 16.1. The summed E-state index contributed by atoms with van der Waals surface area (Å²) in [5.74, 6) is 5.54. The van der Waals surface area contributed by atoms with Gasteiger partial charge in [-0.15, -0.1) is 0 Å². The van der Waals surface area contributed by atoms with Crippen molar-refractivity contribution in [1.29, 1.82) is 0 Å². The van der Waals surface area contributed by atoms with E-state index in [-0.39, 0.29) is 11.7 Å². The van der Waals surface area contributed by atoms with Gasteiger partial charge in [0.1, 0.15) is 5.78 Å². The summed E-state index contributed by atoms with van der Waals surface area (Å²) in [6.07, 6.45) is 4.36. The molecule has 1 atom stereocenters. The third kappa shape index (κ3) is 3.42. The van der Waals surface area contributed by atoms with Crippen LogP contribution in [0.4, 0.5) is 0 Å². The Morgan fingerprint density at radius 2 is 2.31 bits per heavy atom. The summed E-state index contributed by atoms with van der Waals surface area (Å²) >= 11 is 0. The molecule has 0 saturated heterocycles. The lowest BCUT2D eigenvalue weighted by molar-refractivity contribution is -0.124. The number of hydrogen-bond donors (Lipinski definition) is 0. The van der Waals surface area contributed by atoms with Crippen LogP contribution >= 0.6 is 0 Å². The largest absolute Gasteiger partial charge is 0.299 e. The van der Waals surface area contributed by atoms with Crippen molar-refractivity contribution >= 4 is 11.6 Å². The van der Waals surface area contributed by atoms with E-state index >= 15 is 0 Å². The number of hydrogen-bond acceptors (Lipinski definition) is 2. The van der Waals surface area contributed by atoms with E-state index in [0.29, 0.717) is 18.6 Å². The maximum Gasteiger partial charge on any atom is 0.202 e. The van der Waals surface area contributed by atoms with Crippen molar-refractivity contribution in [2.24, 2.45) is 5.92 Å². The third-order valence-electron chi connectivity index (χ3n) is 2.29. The van der Waals surface area contributed by atoms with E-state index in [2.05, 4.69) is 11.8 Å². The Morgan fingerprint density at radius 3 is 2.92 bits per heavy atom. The predicted molar refractivity (Wildman–Crippen MR) is 50.0 cm³/mol. The smallest absolute Gasteiger partial charge is 0.202 e. The van der Waals surface area contributed by atoms with E-state index in [0.717, 1.165) is 19.3 Å². The zero-order valence-electron chi connectivity index (χ0n) is 7.93. The monoisotopic (exact) mass is 178 g/mol. The fourth-order valence-electron chi connectivity index (χ4n) is 1.57. The van der Waals surface area contributed by atoms with E-state index in [1.807, 2.05) is 0 Å². The van der Waals surface area contributed by atoms with Crippen LogP contribution in [0.5, 0.6) is 0 Å². The lowest BCUT2D eigenvalue weighted by Crippen LogP contribution is -2.18. The first-order valence-corrected chi connectivity index (χ1v) is 4.72. The van der Waals surface area contributed by atoms with E-state index in [1.165, 1.54) is 6.92 Å². The summed E-state index contributed by atoms with van der Waals surface area (Å²) in [5.41, 5.74) is 0. The van der Waals surface area contributed by atoms with Crippen LogP contribution in [0, 0.1) is 17.8 Å². The Balaban J connectivity index is 2.40. The summed E-state index contributed by atoms with van der Waals surface area (Å²) < 4.78 is 0. The highest BCUT2D eigenvalue weighted by Crippen LogP contribution is 2.22. The average molecular weight is 178 g/mol. The van der Waals surface area contributed by atoms with E-state index in [9.17, 15) is 9.59 Å². The lowest BCUT2D eigenvalue weighted by atomic mass is 9.86. The summed E-state index contributed by atoms with van der Waals surface area (Å²) in [4.78, 5) is 21.8. The Morgan fingerprint density at radius 1 is 1.54 bits per heavy atom. The molecule has 0 aromatic rings. The van der Waals surface area contributed by atoms with E-state index in [1.54, 1.807) is 0 Å². The first-order chi connectivity index (χ1) is 6.20. The molecule has 13 heavy (non-hydrogen) atoms. The summed E-state index contributed by atoms with van der Waals surface area (Å²) in [7, 11) is 0. The van der Waals surface area contributed by atoms with Gasteiger partial charge in [0.25, 0.3) is 0 Å². The molecule has 1 rings (SSSR count). The molecule has 1 aliphatic rings. The van der Waals surface area contributed by atoms with Gasteiger partial charge in [-0.25, -0.2) is 0 Å². The van der Waals surface area contributed by atoms with Crippen LogP contribution in [0.1, 0.15) is 39.0 Å². The second-order valence-electron chi connectivity index (χ2n) is 3.47. The Bertz CT molecular complexity index is 268. The highest BCUT2D eigenvalue weighted by Gasteiger charge is 2.20. The minimum atomic E-state index is -0.122. The van der Waals surface area contributed by atoms with Crippen molar-refractivity contribution in [1.82, 2.24) is 0 Å². The SMILES string of the molecule is CC(=O)C#CCC1CCCCC1=O. The molecule has 0 radical (unpaired) electrons. The van der Waals surface area contributed by atoms with E-state index < -0.39 is 0 Å². The van der Waals surface area contributed by atoms with Gasteiger partial charge >= 0.3 is 0 Å². The van der Waals surface area contributed by atoms with Gasteiger partial charge in [0, 0.05) is 25.7 Å². The maximum atomic E-state index is 11.3. The molecule has 0 spiro atoms. The zero-order chi connectivity index (χ0) is 9.68. The molecule has 0 aliphatic heterocycles. The first kappa shape index (κ1) is 9.98. The summed E-state index contributed by atoms with van der Waals surface area (Å²) in [6.45, 7) is 1.44. The van der Waals surface area contributed by atoms with Crippen molar-refractivity contribution < 1.29 is 9.59 Å². The number of rotatable bonds is 1. The van der Waals surface area contributed by atoms with Gasteiger partial charge < -0.3 is 0 Å². The molecule has 0 heterocycles. The minimum absolute atomic E-state index is 0.0978. The lowest BCUT2D eigenvalue weighted by Gasteiger charge is -2.17. The Hall–Kier alpha value is -1.10. The van der Waals surface area contributed by atoms with Crippen molar-refractivity contribution in [3.8, 4) is 11.8 Å². The molecule has 70 valence electrons. The van der Waals surface area contributed by atoms with Crippen molar-refractivity contribution in [3.63, 3.8) is 0 Å². The summed E-state index contributed by atoms with van der Waals surface area (Å²) in [6, 6.07) is 0. The van der Waals surface area contributed by atoms with Gasteiger partial charge in [0.15, 0.2) is 0 Å². The fraction of sp³-hybridized carbons (Fsp3) is 0.636. The van der Waals surface area contributed by atoms with Crippen LogP contribution in [-0.2, 0) is 9.59 Å². The van der Waals surface area contributed by atoms with Crippen LogP contribution < -0.4 is 0 Å². The molecule has 0 bridgehead atoms. The second kappa shape index (κ2) is 4.81. The summed E-state index contributed by atoms with van der Waals surface area (Å²) in [5, 5.41) is 0.